The van der Waals surface area contributed by atoms with Crippen molar-refractivity contribution in [3.63, 3.8) is 0 Å². The zero-order chi connectivity index (χ0) is 75.8. The number of primary amides is 1. The van der Waals surface area contributed by atoms with Crippen LogP contribution in [0.15, 0.2) is 78.9 Å². The Morgan fingerprint density at radius 2 is 0.794 bits per heavy atom. The van der Waals surface area contributed by atoms with Gasteiger partial charge in [-0.15, -0.1) is 0 Å². The minimum Gasteiger partial charge on any atom is -0.508 e. The first-order valence-electron chi connectivity index (χ1n) is 32.7. The van der Waals surface area contributed by atoms with Crippen LogP contribution >= 0.6 is 0 Å². The first kappa shape index (κ1) is 81.8. The summed E-state index contributed by atoms with van der Waals surface area (Å²) in [7, 11) is 0. The molecule has 5 rings (SSSR count). The van der Waals surface area contributed by atoms with Gasteiger partial charge < -0.3 is 110 Å². The van der Waals surface area contributed by atoms with Crippen LogP contribution in [0.1, 0.15) is 90.3 Å². The number of nitrogens with two attached hydrogens (primary N) is 1. The van der Waals surface area contributed by atoms with Crippen LogP contribution < -0.4 is 64.2 Å². The number of carbonyl (C=O) groups is 15. The molecule has 14 amide bonds. The van der Waals surface area contributed by atoms with E-state index in [1.54, 1.807) is 30.3 Å². The number of carboxylic acid groups (broad SMARTS) is 1. The molecule has 3 aromatic carbocycles. The summed E-state index contributed by atoms with van der Waals surface area (Å²) in [4.78, 5) is 203. The fourth-order valence-electron chi connectivity index (χ4n) is 11.0. The Bertz CT molecular complexity index is 3510. The number of phenols is 2. The van der Waals surface area contributed by atoms with Crippen LogP contribution in [0.4, 0.5) is 0 Å². The van der Waals surface area contributed by atoms with Crippen LogP contribution in [-0.2, 0) is 91.2 Å². The van der Waals surface area contributed by atoms with E-state index in [1.165, 1.54) is 81.1 Å². The molecule has 2 saturated heterocycles. The van der Waals surface area contributed by atoms with Gasteiger partial charge in [0, 0.05) is 39.3 Å². The molecule has 2 aliphatic heterocycles. The highest BCUT2D eigenvalue weighted by atomic mass is 16.4. The van der Waals surface area contributed by atoms with Crippen LogP contribution in [0.2, 0.25) is 0 Å². The number of aliphatic hydroxyl groups is 4. The van der Waals surface area contributed by atoms with Gasteiger partial charge in [-0.25, -0.2) is 0 Å². The fraction of sp³-hybridized carbons (Fsp3) is 0.500. The zero-order valence-electron chi connectivity index (χ0n) is 56.9. The Morgan fingerprint density at radius 1 is 0.431 bits per heavy atom. The molecular formula is C66H90N14O22. The van der Waals surface area contributed by atoms with E-state index in [0.717, 1.165) is 18.7 Å². The lowest BCUT2D eigenvalue weighted by Crippen LogP contribution is -2.63. The molecule has 2 aliphatic rings. The Kier molecular flexibility index (Phi) is 31.0. The van der Waals surface area contributed by atoms with Gasteiger partial charge in [0.05, 0.1) is 31.8 Å². The number of nitrogens with one attached hydrogen (secondary N) is 11. The highest BCUT2D eigenvalue weighted by Crippen LogP contribution is 2.22. The van der Waals surface area contributed by atoms with Crippen LogP contribution in [0.5, 0.6) is 11.5 Å². The summed E-state index contributed by atoms with van der Waals surface area (Å²) in [6.45, 7) is 4.98. The molecule has 0 radical (unpaired) electrons. The number of hydrogen-bond donors (Lipinski definition) is 19. The molecule has 0 aliphatic carbocycles. The number of aliphatic hydroxyl groups excluding tert-OH is 4. The van der Waals surface area contributed by atoms with Gasteiger partial charge in [0.15, 0.2) is 0 Å². The molecule has 36 heteroatoms. The van der Waals surface area contributed by atoms with Gasteiger partial charge >= 0.3 is 5.97 Å². The Hall–Kier alpha value is -10.9. The van der Waals surface area contributed by atoms with Crippen molar-refractivity contribution in [2.45, 2.75) is 184 Å². The smallest absolute Gasteiger partial charge is 0.305 e. The van der Waals surface area contributed by atoms with Gasteiger partial charge in [-0.2, -0.15) is 0 Å². The summed E-state index contributed by atoms with van der Waals surface area (Å²) in [5, 5.41) is 97.0. The topological polar surface area (TPSA) is 562 Å². The molecule has 556 valence electrons. The van der Waals surface area contributed by atoms with Gasteiger partial charge in [0.1, 0.15) is 90.0 Å². The van der Waals surface area contributed by atoms with Crippen molar-refractivity contribution in [1.29, 1.82) is 0 Å². The number of aliphatic carboxylic acids is 1. The van der Waals surface area contributed by atoms with E-state index in [9.17, 15) is 108 Å². The van der Waals surface area contributed by atoms with E-state index in [1.807, 2.05) is 5.32 Å². The number of likely N-dealkylation sites (tertiary alicyclic amines) is 2. The van der Waals surface area contributed by atoms with Crippen LogP contribution in [0.25, 0.3) is 0 Å². The minimum atomic E-state index is -2.15. The molecule has 0 spiro atoms. The highest BCUT2D eigenvalue weighted by Gasteiger charge is 2.43. The number of rotatable bonds is 36. The van der Waals surface area contributed by atoms with E-state index in [-0.39, 0.29) is 63.1 Å². The number of carbonyl (C=O) groups excluding carboxylic acids is 14. The lowest BCUT2D eigenvalue weighted by molar-refractivity contribution is -0.145. The normalized spacial score (nSPS) is 17.9. The molecule has 0 bridgehead atoms. The second-order valence-electron chi connectivity index (χ2n) is 24.9. The van der Waals surface area contributed by atoms with Crippen molar-refractivity contribution in [3.05, 3.63) is 95.6 Å². The summed E-state index contributed by atoms with van der Waals surface area (Å²) in [5.74, 6) is -15.8. The maximum atomic E-state index is 14.2. The lowest BCUT2D eigenvalue weighted by atomic mass is 10.0. The first-order chi connectivity index (χ1) is 48.1. The van der Waals surface area contributed by atoms with Gasteiger partial charge in [-0.1, -0.05) is 54.6 Å². The number of aromatic hydroxyl groups is 2. The van der Waals surface area contributed by atoms with Crippen LogP contribution in [0.3, 0.4) is 0 Å². The maximum absolute atomic E-state index is 14.2. The molecule has 2 heterocycles. The summed E-state index contributed by atoms with van der Waals surface area (Å²) in [6, 6.07) is -0.640. The molecule has 20 N–H and O–H groups in total. The first-order valence-corrected chi connectivity index (χ1v) is 32.7. The van der Waals surface area contributed by atoms with Crippen molar-refractivity contribution in [1.82, 2.24) is 68.3 Å². The third-order valence-corrected chi connectivity index (χ3v) is 16.8. The van der Waals surface area contributed by atoms with E-state index in [2.05, 4.69) is 53.2 Å². The van der Waals surface area contributed by atoms with Crippen molar-refractivity contribution in [2.75, 3.05) is 26.3 Å². The van der Waals surface area contributed by atoms with Gasteiger partial charge in [-0.3, -0.25) is 71.9 Å². The molecule has 15 atom stereocenters. The molecule has 0 aromatic heterocycles. The summed E-state index contributed by atoms with van der Waals surface area (Å²) in [6.07, 6.45) is -4.27. The van der Waals surface area contributed by atoms with E-state index < -0.39 is 199 Å². The van der Waals surface area contributed by atoms with E-state index in [4.69, 9.17) is 5.73 Å². The average Bonchev–Trinajstić information content (AvgIpc) is 1.60. The monoisotopic (exact) mass is 1430 g/mol. The highest BCUT2D eigenvalue weighted by molar-refractivity contribution is 6.01. The standard InChI is InChI=1S/C66H90N14O22/c1-32(55(91)68-33(2)57(93)72-44(27-38-12-8-7-9-13-38)58(94)69-34(3)56(92)71-43(54(67)90)26-39-16-20-41(86)21-17-39)70-63(99)50-15-11-25-80(50)66(102)53(36(5)84)78-65(101)52(35(4)83)77-60(96)46(29-51(88)89)73-61(97)47(30-81)76-62(98)48(31-82)75-59(95)45(28-40-18-22-42(87)23-19-40)74-64(100)49-14-10-24-79(49)37(6)85/h7-9,12-13,16-23,32-36,43-50,52-53,81-84,86-87H,10-11,14-15,24-31H2,1-6H3,(H2,67,90)(H,68,91)(H,69,94)(H,70,99)(H,71,92)(H,72,93)(H,73,97)(H,74,100)(H,75,95)(H,76,98)(H,77,96)(H,78,101)(H,88,89)/t32-,33-,34-,35+,36+,43-,44-,45-,46-,47-,48-,49-,50-,52-,53-/m0/s1. The van der Waals surface area contributed by atoms with E-state index in [0.29, 0.717) is 23.1 Å². The number of nitrogens with zero attached hydrogens (tertiary/aromatic N) is 2. The Morgan fingerprint density at radius 3 is 1.26 bits per heavy atom. The number of amides is 14. The molecule has 0 unspecified atom stereocenters. The largest absolute Gasteiger partial charge is 0.508 e. The van der Waals surface area contributed by atoms with Crippen molar-refractivity contribution in [3.8, 4) is 11.5 Å². The molecule has 0 saturated carbocycles. The number of benzene rings is 3. The summed E-state index contributed by atoms with van der Waals surface area (Å²) >= 11 is 0. The van der Waals surface area contributed by atoms with Crippen LogP contribution in [-0.4, -0.2) is 251 Å². The average molecular weight is 1430 g/mol. The number of phenolic OH excluding ortho intramolecular Hbond substituents is 2. The molecule has 2 fully saturated rings. The molecule has 3 aromatic rings. The second kappa shape index (κ2) is 38.7. The SMILES string of the molecule is CC(=O)N1CCC[C@H]1C(=O)N[C@@H](Cc1ccc(O)cc1)C(=O)N[C@@H](CO)C(=O)N[C@@H](CO)C(=O)N[C@@H](CC(=O)O)C(=O)N[C@H](C(=O)N[C@H](C(=O)N1CCC[C@H]1C(=O)N[C@@H](C)C(=O)N[C@@H](C)C(=O)N[C@@H](Cc1ccccc1)C(=O)N[C@@H](C)C(=O)N[C@@H](Cc1ccc(O)cc1)C(N)=O)[C@@H](C)O)[C@@H](C)O. The number of carboxylic acids is 1. The predicted octanol–water partition coefficient (Wildman–Crippen LogP) is -6.77. The van der Waals surface area contributed by atoms with Crippen molar-refractivity contribution >= 4 is 88.7 Å². The zero-order valence-corrected chi connectivity index (χ0v) is 56.9. The van der Waals surface area contributed by atoms with Crippen molar-refractivity contribution < 1.29 is 108 Å². The van der Waals surface area contributed by atoms with Gasteiger partial charge in [0.25, 0.3) is 0 Å². The Balaban J connectivity index is 1.18. The van der Waals surface area contributed by atoms with Gasteiger partial charge in [0.2, 0.25) is 82.7 Å². The molecule has 102 heavy (non-hydrogen) atoms. The predicted molar refractivity (Wildman–Crippen MR) is 356 cm³/mol. The summed E-state index contributed by atoms with van der Waals surface area (Å²) in [5.41, 5.74) is 7.12. The van der Waals surface area contributed by atoms with Crippen LogP contribution in [0, 0.1) is 0 Å². The minimum absolute atomic E-state index is 0.00112. The second-order valence-corrected chi connectivity index (χ2v) is 24.9. The molecule has 36 nitrogen and oxygen atoms in total. The fourth-order valence-corrected chi connectivity index (χ4v) is 11.0. The molecular weight excluding hydrogens is 1340 g/mol. The lowest BCUT2D eigenvalue weighted by Gasteiger charge is -2.32. The summed E-state index contributed by atoms with van der Waals surface area (Å²) < 4.78 is 0. The van der Waals surface area contributed by atoms with E-state index >= 15 is 0 Å². The number of hydrogen-bond acceptors (Lipinski definition) is 21. The Labute approximate surface area is 585 Å². The third kappa shape index (κ3) is 24.2. The van der Waals surface area contributed by atoms with Crippen molar-refractivity contribution in [2.24, 2.45) is 5.73 Å². The maximum Gasteiger partial charge on any atom is 0.305 e. The van der Waals surface area contributed by atoms with Gasteiger partial charge in [-0.05, 0) is 101 Å². The third-order valence-electron chi connectivity index (χ3n) is 16.8. The quantitative estimate of drug-likeness (QED) is 0.0257.